The molecule has 22 heavy (non-hydrogen) atoms. The Morgan fingerprint density at radius 3 is 1.59 bits per heavy atom. The van der Waals surface area contributed by atoms with E-state index < -0.39 is 0 Å². The van der Waals surface area contributed by atoms with E-state index in [-0.39, 0.29) is 11.6 Å². The minimum atomic E-state index is -0.116. The van der Waals surface area contributed by atoms with Gasteiger partial charge in [-0.1, -0.05) is 52.0 Å². The van der Waals surface area contributed by atoms with Gasteiger partial charge < -0.3 is 0 Å². The third-order valence-corrected chi connectivity index (χ3v) is 3.71. The van der Waals surface area contributed by atoms with Gasteiger partial charge in [-0.2, -0.15) is 0 Å². The Kier molecular flexibility index (Phi) is 6.73. The van der Waals surface area contributed by atoms with Crippen molar-refractivity contribution in [3.8, 4) is 0 Å². The van der Waals surface area contributed by atoms with Crippen LogP contribution in [0, 0.1) is 25.5 Å². The second-order valence-electron chi connectivity index (χ2n) is 6.33. The molecular formula is C20H26F2. The predicted molar refractivity (Wildman–Crippen MR) is 90.5 cm³/mol. The van der Waals surface area contributed by atoms with Gasteiger partial charge in [0.15, 0.2) is 0 Å². The van der Waals surface area contributed by atoms with Crippen molar-refractivity contribution in [1.82, 2.24) is 0 Å². The molecule has 0 radical (unpaired) electrons. The summed E-state index contributed by atoms with van der Waals surface area (Å²) < 4.78 is 25.7. The van der Waals surface area contributed by atoms with Crippen LogP contribution >= 0.6 is 0 Å². The molecule has 0 amide bonds. The van der Waals surface area contributed by atoms with Crippen molar-refractivity contribution in [2.45, 2.75) is 53.4 Å². The van der Waals surface area contributed by atoms with Crippen LogP contribution in [0.3, 0.4) is 0 Å². The molecule has 0 aliphatic rings. The van der Waals surface area contributed by atoms with Gasteiger partial charge in [-0.3, -0.25) is 0 Å². The van der Waals surface area contributed by atoms with Gasteiger partial charge in [-0.25, -0.2) is 8.78 Å². The normalized spacial score (nSPS) is 10.6. The Hall–Kier alpha value is -1.70. The first-order valence-electron chi connectivity index (χ1n) is 7.74. The van der Waals surface area contributed by atoms with Gasteiger partial charge in [0, 0.05) is 0 Å². The number of rotatable bonds is 2. The fourth-order valence-electron chi connectivity index (χ4n) is 2.00. The second-order valence-corrected chi connectivity index (χ2v) is 6.33. The maximum absolute atomic E-state index is 12.9. The topological polar surface area (TPSA) is 0 Å². The predicted octanol–water partition coefficient (Wildman–Crippen LogP) is 6.52. The lowest BCUT2D eigenvalue weighted by molar-refractivity contribution is 0.614. The van der Waals surface area contributed by atoms with Crippen molar-refractivity contribution >= 4 is 0 Å². The van der Waals surface area contributed by atoms with Crippen molar-refractivity contribution in [3.63, 3.8) is 0 Å². The highest BCUT2D eigenvalue weighted by Gasteiger charge is 2.02. The molecule has 2 aromatic carbocycles. The molecule has 0 N–H and O–H groups in total. The van der Waals surface area contributed by atoms with Crippen LogP contribution in [0.4, 0.5) is 8.78 Å². The molecule has 0 spiro atoms. The smallest absolute Gasteiger partial charge is 0.126 e. The molecular weight excluding hydrogens is 278 g/mol. The van der Waals surface area contributed by atoms with Gasteiger partial charge in [-0.15, -0.1) is 0 Å². The van der Waals surface area contributed by atoms with Crippen LogP contribution in [0.15, 0.2) is 36.4 Å². The van der Waals surface area contributed by atoms with E-state index in [1.165, 1.54) is 11.6 Å². The fraction of sp³-hybridized carbons (Fsp3) is 0.400. The fourth-order valence-corrected chi connectivity index (χ4v) is 2.00. The van der Waals surface area contributed by atoms with Crippen molar-refractivity contribution in [2.75, 3.05) is 0 Å². The first kappa shape index (κ1) is 18.3. The first-order chi connectivity index (χ1) is 10.2. The summed E-state index contributed by atoms with van der Waals surface area (Å²) in [4.78, 5) is 0. The summed E-state index contributed by atoms with van der Waals surface area (Å²) in [7, 11) is 0. The third-order valence-electron chi connectivity index (χ3n) is 3.71. The van der Waals surface area contributed by atoms with E-state index in [2.05, 4.69) is 27.7 Å². The summed E-state index contributed by atoms with van der Waals surface area (Å²) >= 11 is 0. The average Bonchev–Trinajstić information content (AvgIpc) is 2.45. The van der Waals surface area contributed by atoms with Crippen molar-refractivity contribution in [1.29, 1.82) is 0 Å². The van der Waals surface area contributed by atoms with Crippen molar-refractivity contribution in [3.05, 3.63) is 70.3 Å². The van der Waals surface area contributed by atoms with Crippen molar-refractivity contribution in [2.24, 2.45) is 0 Å². The van der Waals surface area contributed by atoms with E-state index in [4.69, 9.17) is 0 Å². The van der Waals surface area contributed by atoms with E-state index in [0.29, 0.717) is 11.8 Å². The van der Waals surface area contributed by atoms with Gasteiger partial charge in [0.05, 0.1) is 0 Å². The molecule has 0 aliphatic carbocycles. The highest BCUT2D eigenvalue weighted by Crippen LogP contribution is 2.17. The standard InChI is InChI=1S/2C10H13F/c1-7(2)9-4-5-10(11)8(3)6-9;1-7(2)9-5-4-8(3)10(11)6-9/h2*4-7H,1-3H3. The number of aryl methyl sites for hydroxylation is 2. The first-order valence-corrected chi connectivity index (χ1v) is 7.74. The molecule has 0 saturated heterocycles. The minimum Gasteiger partial charge on any atom is -0.207 e. The van der Waals surface area contributed by atoms with Crippen LogP contribution in [0.1, 0.15) is 61.8 Å². The lowest BCUT2D eigenvalue weighted by atomic mass is 10.0. The molecule has 120 valence electrons. The summed E-state index contributed by atoms with van der Waals surface area (Å²) in [6, 6.07) is 10.7. The molecule has 0 aliphatic heterocycles. The zero-order valence-electron chi connectivity index (χ0n) is 14.4. The van der Waals surface area contributed by atoms with Crippen molar-refractivity contribution < 1.29 is 8.78 Å². The zero-order valence-corrected chi connectivity index (χ0v) is 14.4. The van der Waals surface area contributed by atoms with E-state index in [1.54, 1.807) is 19.9 Å². The molecule has 2 aromatic rings. The van der Waals surface area contributed by atoms with Gasteiger partial charge >= 0.3 is 0 Å². The summed E-state index contributed by atoms with van der Waals surface area (Å²) in [6.07, 6.45) is 0. The largest absolute Gasteiger partial charge is 0.207 e. The van der Waals surface area contributed by atoms with E-state index in [9.17, 15) is 8.78 Å². The quantitative estimate of drug-likeness (QED) is 0.593. The lowest BCUT2D eigenvalue weighted by Gasteiger charge is -2.05. The molecule has 0 nitrogen and oxygen atoms in total. The Bertz CT molecular complexity index is 558. The minimum absolute atomic E-state index is 0.101. The molecule has 0 bridgehead atoms. The molecule has 0 aromatic heterocycles. The molecule has 2 heteroatoms. The number of hydrogen-bond donors (Lipinski definition) is 0. The summed E-state index contributed by atoms with van der Waals surface area (Å²) in [5.74, 6) is 0.671. The highest BCUT2D eigenvalue weighted by molar-refractivity contribution is 5.26. The van der Waals surface area contributed by atoms with E-state index in [1.807, 2.05) is 24.3 Å². The summed E-state index contributed by atoms with van der Waals surface area (Å²) in [5, 5.41) is 0. The van der Waals surface area contributed by atoms with Gasteiger partial charge in [0.1, 0.15) is 11.6 Å². The molecule has 0 unspecified atom stereocenters. The second kappa shape index (κ2) is 8.07. The number of benzene rings is 2. The zero-order chi connectivity index (χ0) is 16.9. The summed E-state index contributed by atoms with van der Waals surface area (Å²) in [6.45, 7) is 11.9. The highest BCUT2D eigenvalue weighted by atomic mass is 19.1. The van der Waals surface area contributed by atoms with Crippen LogP contribution in [0.2, 0.25) is 0 Å². The van der Waals surface area contributed by atoms with Gasteiger partial charge in [0.25, 0.3) is 0 Å². The third kappa shape index (κ3) is 5.25. The van der Waals surface area contributed by atoms with E-state index >= 15 is 0 Å². The molecule has 0 heterocycles. The monoisotopic (exact) mass is 304 g/mol. The molecule has 2 rings (SSSR count). The Labute approximate surface area is 133 Å². The number of hydrogen-bond acceptors (Lipinski definition) is 0. The Morgan fingerprint density at radius 1 is 0.636 bits per heavy atom. The van der Waals surface area contributed by atoms with Gasteiger partial charge in [0.2, 0.25) is 0 Å². The maximum atomic E-state index is 12.9. The van der Waals surface area contributed by atoms with Crippen LogP contribution in [0.5, 0.6) is 0 Å². The Morgan fingerprint density at radius 2 is 1.14 bits per heavy atom. The van der Waals surface area contributed by atoms with Crippen LogP contribution in [-0.4, -0.2) is 0 Å². The Balaban J connectivity index is 0.000000220. The maximum Gasteiger partial charge on any atom is 0.126 e. The van der Waals surface area contributed by atoms with Gasteiger partial charge in [-0.05, 0) is 60.1 Å². The van der Waals surface area contributed by atoms with Crippen LogP contribution in [0.25, 0.3) is 0 Å². The van der Waals surface area contributed by atoms with Crippen LogP contribution < -0.4 is 0 Å². The molecule has 0 fully saturated rings. The SMILES string of the molecule is Cc1cc(C(C)C)ccc1F.Cc1ccc(C(C)C)cc1F. The lowest BCUT2D eigenvalue weighted by Crippen LogP contribution is -1.90. The number of halogens is 2. The molecule has 0 saturated carbocycles. The average molecular weight is 304 g/mol. The summed E-state index contributed by atoms with van der Waals surface area (Å²) in [5.41, 5.74) is 3.71. The molecule has 0 atom stereocenters. The van der Waals surface area contributed by atoms with Crippen LogP contribution in [-0.2, 0) is 0 Å². The van der Waals surface area contributed by atoms with E-state index in [0.717, 1.165) is 16.7 Å².